The minimum absolute atomic E-state index is 0.195. The van der Waals surface area contributed by atoms with Crippen molar-refractivity contribution < 1.29 is 13.2 Å². The number of halogens is 3. The second kappa shape index (κ2) is 6.36. The van der Waals surface area contributed by atoms with Crippen LogP contribution in [0, 0.1) is 0 Å². The Morgan fingerprint density at radius 3 is 2.48 bits per heavy atom. The van der Waals surface area contributed by atoms with E-state index in [1.165, 1.54) is 12.1 Å². The van der Waals surface area contributed by atoms with E-state index in [9.17, 15) is 13.2 Å². The molecule has 2 rings (SSSR count). The van der Waals surface area contributed by atoms with Gasteiger partial charge in [-0.2, -0.15) is 13.2 Å². The van der Waals surface area contributed by atoms with Crippen LogP contribution >= 0.6 is 0 Å². The Kier molecular flexibility index (Phi) is 4.94. The van der Waals surface area contributed by atoms with Crippen molar-refractivity contribution in [3.05, 3.63) is 35.4 Å². The minimum Gasteiger partial charge on any atom is -0.315 e. The summed E-state index contributed by atoms with van der Waals surface area (Å²) in [5, 5.41) is 3.32. The van der Waals surface area contributed by atoms with Crippen LogP contribution in [0.3, 0.4) is 0 Å². The van der Waals surface area contributed by atoms with Crippen molar-refractivity contribution in [1.82, 2.24) is 10.2 Å². The van der Waals surface area contributed by atoms with Crippen LogP contribution < -0.4 is 5.32 Å². The van der Waals surface area contributed by atoms with E-state index in [0.717, 1.165) is 30.9 Å². The van der Waals surface area contributed by atoms with Gasteiger partial charge in [0.2, 0.25) is 0 Å². The van der Waals surface area contributed by atoms with Crippen LogP contribution in [0.25, 0.3) is 0 Å². The van der Waals surface area contributed by atoms with E-state index in [1.807, 2.05) is 13.1 Å². The molecule has 1 N–H and O–H groups in total. The van der Waals surface area contributed by atoms with Crippen molar-refractivity contribution in [1.29, 1.82) is 0 Å². The summed E-state index contributed by atoms with van der Waals surface area (Å²) in [4.78, 5) is 2.20. The molecule has 21 heavy (non-hydrogen) atoms. The molecule has 1 fully saturated rings. The Balaban J connectivity index is 2.17. The normalized spacial score (nSPS) is 27.1. The van der Waals surface area contributed by atoms with E-state index < -0.39 is 11.7 Å². The third-order valence-corrected chi connectivity index (χ3v) is 4.53. The second-order valence-corrected chi connectivity index (χ2v) is 6.06. The van der Waals surface area contributed by atoms with E-state index in [1.54, 1.807) is 0 Å². The van der Waals surface area contributed by atoms with Crippen molar-refractivity contribution in [3.63, 3.8) is 0 Å². The molecule has 0 radical (unpaired) electrons. The van der Waals surface area contributed by atoms with Crippen molar-refractivity contribution in [2.24, 2.45) is 0 Å². The van der Waals surface area contributed by atoms with Crippen LogP contribution in [0.15, 0.2) is 24.3 Å². The minimum atomic E-state index is -4.26. The lowest BCUT2D eigenvalue weighted by Gasteiger charge is -2.39. The highest BCUT2D eigenvalue weighted by Gasteiger charge is 2.34. The van der Waals surface area contributed by atoms with Gasteiger partial charge in [0.05, 0.1) is 5.56 Å². The monoisotopic (exact) mass is 300 g/mol. The quantitative estimate of drug-likeness (QED) is 0.919. The zero-order valence-corrected chi connectivity index (χ0v) is 12.7. The molecule has 0 aromatic heterocycles. The summed E-state index contributed by atoms with van der Waals surface area (Å²) in [6, 6.07) is 6.55. The fraction of sp³-hybridized carbons (Fsp3) is 0.625. The van der Waals surface area contributed by atoms with Gasteiger partial charge in [-0.15, -0.1) is 0 Å². The largest absolute Gasteiger partial charge is 0.416 e. The van der Waals surface area contributed by atoms with Crippen molar-refractivity contribution >= 4 is 0 Å². The molecule has 1 aromatic carbocycles. The highest BCUT2D eigenvalue weighted by atomic mass is 19.4. The molecule has 1 aromatic rings. The Morgan fingerprint density at radius 1 is 1.19 bits per heavy atom. The summed E-state index contributed by atoms with van der Waals surface area (Å²) >= 11 is 0. The first-order valence-electron chi connectivity index (χ1n) is 7.33. The van der Waals surface area contributed by atoms with Crippen LogP contribution in [-0.2, 0) is 6.18 Å². The van der Waals surface area contributed by atoms with Crippen molar-refractivity contribution in [2.75, 3.05) is 21.1 Å². The van der Waals surface area contributed by atoms with Crippen molar-refractivity contribution in [2.45, 2.75) is 43.4 Å². The van der Waals surface area contributed by atoms with Gasteiger partial charge in [-0.25, -0.2) is 0 Å². The van der Waals surface area contributed by atoms with Crippen LogP contribution in [0.2, 0.25) is 0 Å². The van der Waals surface area contributed by atoms with Gasteiger partial charge in [0, 0.05) is 12.1 Å². The summed E-state index contributed by atoms with van der Waals surface area (Å²) in [6.45, 7) is 0. The average Bonchev–Trinajstić information content (AvgIpc) is 2.45. The van der Waals surface area contributed by atoms with Gasteiger partial charge in [0.1, 0.15) is 0 Å². The summed E-state index contributed by atoms with van der Waals surface area (Å²) in [5.41, 5.74) is 0.262. The summed E-state index contributed by atoms with van der Waals surface area (Å²) in [5.74, 6) is 0.195. The molecule has 0 amide bonds. The van der Waals surface area contributed by atoms with Gasteiger partial charge in [-0.3, -0.25) is 0 Å². The Morgan fingerprint density at radius 2 is 1.90 bits per heavy atom. The van der Waals surface area contributed by atoms with E-state index in [0.29, 0.717) is 12.1 Å². The van der Waals surface area contributed by atoms with E-state index >= 15 is 0 Å². The molecule has 0 saturated heterocycles. The van der Waals surface area contributed by atoms with E-state index in [-0.39, 0.29) is 5.92 Å². The van der Waals surface area contributed by atoms with Gasteiger partial charge in [0.25, 0.3) is 0 Å². The lowest BCUT2D eigenvalue weighted by molar-refractivity contribution is -0.137. The maximum atomic E-state index is 12.8. The molecule has 0 unspecified atom stereocenters. The predicted molar refractivity (Wildman–Crippen MR) is 78.4 cm³/mol. The molecule has 0 heterocycles. The number of hydrogen-bond donors (Lipinski definition) is 1. The second-order valence-electron chi connectivity index (χ2n) is 6.06. The zero-order valence-electron chi connectivity index (χ0n) is 12.7. The first-order valence-corrected chi connectivity index (χ1v) is 7.33. The highest BCUT2D eigenvalue weighted by molar-refractivity contribution is 5.29. The molecule has 3 atom stereocenters. The summed E-state index contributed by atoms with van der Waals surface area (Å²) in [6.07, 6.45) is -1.46. The van der Waals surface area contributed by atoms with E-state index in [4.69, 9.17) is 0 Å². The average molecular weight is 300 g/mol. The van der Waals surface area contributed by atoms with Crippen LogP contribution in [-0.4, -0.2) is 38.1 Å². The molecule has 1 saturated carbocycles. The Hall–Kier alpha value is -1.07. The van der Waals surface area contributed by atoms with Crippen LogP contribution in [0.4, 0.5) is 13.2 Å². The Labute approximate surface area is 124 Å². The molecule has 1 aliphatic rings. The fourth-order valence-electron chi connectivity index (χ4n) is 3.35. The van der Waals surface area contributed by atoms with Crippen LogP contribution in [0.1, 0.15) is 36.3 Å². The number of likely N-dealkylation sites (N-methyl/N-ethyl adjacent to an activating group) is 2. The van der Waals surface area contributed by atoms with Crippen LogP contribution in [0.5, 0.6) is 0 Å². The lowest BCUT2D eigenvalue weighted by Crippen LogP contribution is -2.49. The van der Waals surface area contributed by atoms with Gasteiger partial charge in [-0.05, 0) is 58.0 Å². The number of nitrogens with one attached hydrogen (secondary N) is 1. The van der Waals surface area contributed by atoms with Gasteiger partial charge < -0.3 is 10.2 Å². The van der Waals surface area contributed by atoms with Gasteiger partial charge >= 0.3 is 6.18 Å². The van der Waals surface area contributed by atoms with Gasteiger partial charge in [0.15, 0.2) is 0 Å². The standard InChI is InChI=1S/C16H23F3N2/c1-20-14-10-12(7-8-15(14)21(2)3)11-5-4-6-13(9-11)16(17,18)19/h4-6,9,12,14-15,20H,7-8,10H2,1-3H3/t12-,14-,15-/m1/s1. The lowest BCUT2D eigenvalue weighted by atomic mass is 9.78. The Bertz CT molecular complexity index is 471. The summed E-state index contributed by atoms with van der Waals surface area (Å²) in [7, 11) is 6.04. The van der Waals surface area contributed by atoms with Crippen molar-refractivity contribution in [3.8, 4) is 0 Å². The molecule has 0 spiro atoms. The molecule has 1 aliphatic carbocycles. The number of alkyl halides is 3. The number of rotatable bonds is 3. The fourth-order valence-corrected chi connectivity index (χ4v) is 3.35. The number of benzene rings is 1. The molecule has 0 aliphatic heterocycles. The topological polar surface area (TPSA) is 15.3 Å². The maximum absolute atomic E-state index is 12.8. The molecule has 0 bridgehead atoms. The molecule has 118 valence electrons. The van der Waals surface area contributed by atoms with E-state index in [2.05, 4.69) is 24.3 Å². The third kappa shape index (κ3) is 3.77. The number of nitrogens with zero attached hydrogens (tertiary/aromatic N) is 1. The summed E-state index contributed by atoms with van der Waals surface area (Å²) < 4.78 is 38.5. The van der Waals surface area contributed by atoms with Gasteiger partial charge in [-0.1, -0.05) is 18.2 Å². The molecular weight excluding hydrogens is 277 g/mol. The molecular formula is C16H23F3N2. The maximum Gasteiger partial charge on any atom is 0.416 e. The molecule has 2 nitrogen and oxygen atoms in total. The first kappa shape index (κ1) is 16.3. The first-order chi connectivity index (χ1) is 9.82. The molecule has 5 heteroatoms. The SMILES string of the molecule is CN[C@@H]1C[C@H](c2cccc(C(F)(F)F)c2)CC[C@H]1N(C)C. The predicted octanol–water partition coefficient (Wildman–Crippen LogP) is 3.49. The third-order valence-electron chi connectivity index (χ3n) is 4.53. The highest BCUT2D eigenvalue weighted by Crippen LogP contribution is 2.37. The zero-order chi connectivity index (χ0) is 15.6. The number of hydrogen-bond acceptors (Lipinski definition) is 2. The smallest absolute Gasteiger partial charge is 0.315 e.